The van der Waals surface area contributed by atoms with Gasteiger partial charge in [-0.1, -0.05) is 24.1 Å². The lowest BCUT2D eigenvalue weighted by molar-refractivity contribution is 0.755. The lowest BCUT2D eigenvalue weighted by Crippen LogP contribution is -2.11. The van der Waals surface area contributed by atoms with Crippen LogP contribution in [0, 0.1) is 0 Å². The molecule has 0 bridgehead atoms. The summed E-state index contributed by atoms with van der Waals surface area (Å²) >= 11 is 5.73. The quantitative estimate of drug-likeness (QED) is 0.347. The first-order chi connectivity index (χ1) is 4.33. The maximum Gasteiger partial charge on any atom is 0.0371 e. The van der Waals surface area contributed by atoms with Crippen LogP contribution < -0.4 is 5.14 Å². The van der Waals surface area contributed by atoms with Crippen LogP contribution in [0.2, 0.25) is 0 Å². The highest BCUT2D eigenvalue weighted by Gasteiger charge is 2.11. The first-order valence-corrected chi connectivity index (χ1v) is 4.51. The summed E-state index contributed by atoms with van der Waals surface area (Å²) in [6, 6.07) is 0. The lowest BCUT2D eigenvalue weighted by atomic mass is 10.1. The topological polar surface area (TPSA) is 26.0 Å². The van der Waals surface area contributed by atoms with Gasteiger partial charge >= 0.3 is 0 Å². The van der Waals surface area contributed by atoms with E-state index in [1.165, 1.54) is 18.4 Å². The molecule has 1 rings (SSSR count). The number of rotatable bonds is 1. The van der Waals surface area contributed by atoms with E-state index in [0.717, 1.165) is 6.42 Å². The zero-order chi connectivity index (χ0) is 6.69. The fourth-order valence-electron chi connectivity index (χ4n) is 0.893. The summed E-state index contributed by atoms with van der Waals surface area (Å²) in [6.07, 6.45) is 6.60. The van der Waals surface area contributed by atoms with Crippen molar-refractivity contribution in [2.45, 2.75) is 23.3 Å². The highest BCUT2D eigenvalue weighted by molar-refractivity contribution is 7.97. The van der Waals surface area contributed by atoms with Crippen molar-refractivity contribution in [3.63, 3.8) is 0 Å². The number of hydrogen-bond acceptors (Lipinski definition) is 3. The molecule has 0 aromatic heterocycles. The molecule has 2 atom stereocenters. The summed E-state index contributed by atoms with van der Waals surface area (Å²) < 4.78 is 0. The Hall–Kier alpha value is 0.400. The second-order valence-electron chi connectivity index (χ2n) is 2.20. The summed E-state index contributed by atoms with van der Waals surface area (Å²) in [5.74, 6) is 0. The molecule has 3 heteroatoms. The molecule has 9 heavy (non-hydrogen) atoms. The number of nitrogens with two attached hydrogens (primary N) is 1. The van der Waals surface area contributed by atoms with E-state index in [-0.39, 0.29) is 0 Å². The van der Waals surface area contributed by atoms with Crippen LogP contribution in [0.3, 0.4) is 0 Å². The van der Waals surface area contributed by atoms with Gasteiger partial charge in [0, 0.05) is 10.5 Å². The molecule has 52 valence electrons. The molecular weight excluding hydrogens is 150 g/mol. The van der Waals surface area contributed by atoms with Crippen LogP contribution in [0.25, 0.3) is 0 Å². The molecule has 0 radical (unpaired) electrons. The molecule has 0 aromatic rings. The van der Waals surface area contributed by atoms with E-state index in [1.54, 1.807) is 0 Å². The smallest absolute Gasteiger partial charge is 0.0371 e. The molecule has 0 aromatic carbocycles. The van der Waals surface area contributed by atoms with Crippen LogP contribution in [0.15, 0.2) is 12.2 Å². The van der Waals surface area contributed by atoms with E-state index in [9.17, 15) is 0 Å². The Labute approximate surface area is 65.6 Å². The van der Waals surface area contributed by atoms with Crippen molar-refractivity contribution in [2.24, 2.45) is 5.14 Å². The van der Waals surface area contributed by atoms with E-state index in [2.05, 4.69) is 24.8 Å². The standard InChI is InChI=1S/C6H11NS2/c7-9-6-3-1-5(8)2-4-6/h1,3,5-6,8H,2,4,7H2. The summed E-state index contributed by atoms with van der Waals surface area (Å²) in [4.78, 5) is 0. The van der Waals surface area contributed by atoms with Gasteiger partial charge in [-0.2, -0.15) is 12.6 Å². The van der Waals surface area contributed by atoms with Crippen molar-refractivity contribution in [3.05, 3.63) is 12.2 Å². The molecular formula is C6H11NS2. The van der Waals surface area contributed by atoms with E-state index in [0.29, 0.717) is 10.5 Å². The highest BCUT2D eigenvalue weighted by atomic mass is 32.2. The fourth-order valence-corrected chi connectivity index (χ4v) is 1.60. The van der Waals surface area contributed by atoms with Crippen molar-refractivity contribution in [1.29, 1.82) is 0 Å². The van der Waals surface area contributed by atoms with E-state index < -0.39 is 0 Å². The zero-order valence-electron chi connectivity index (χ0n) is 5.16. The predicted octanol–water partition coefficient (Wildman–Crippen LogP) is 1.61. The Morgan fingerprint density at radius 3 is 2.67 bits per heavy atom. The SMILES string of the molecule is NSC1C=CC(S)CC1. The Morgan fingerprint density at radius 2 is 2.22 bits per heavy atom. The molecule has 2 N–H and O–H groups in total. The van der Waals surface area contributed by atoms with Crippen molar-refractivity contribution in [3.8, 4) is 0 Å². The van der Waals surface area contributed by atoms with Gasteiger partial charge in [-0.3, -0.25) is 5.14 Å². The number of hydrogen-bond donors (Lipinski definition) is 2. The molecule has 2 unspecified atom stereocenters. The summed E-state index contributed by atoms with van der Waals surface area (Å²) in [5.41, 5.74) is 0. The molecule has 1 nitrogen and oxygen atoms in total. The molecule has 0 saturated heterocycles. The minimum absolute atomic E-state index is 0.466. The molecule has 1 aliphatic rings. The molecule has 0 aliphatic heterocycles. The van der Waals surface area contributed by atoms with Gasteiger partial charge in [0.25, 0.3) is 0 Å². The maximum absolute atomic E-state index is 5.39. The van der Waals surface area contributed by atoms with Gasteiger partial charge in [0.05, 0.1) is 0 Å². The fraction of sp³-hybridized carbons (Fsp3) is 0.667. The molecule has 0 fully saturated rings. The van der Waals surface area contributed by atoms with Gasteiger partial charge in [0.2, 0.25) is 0 Å². The normalized spacial score (nSPS) is 34.9. The maximum atomic E-state index is 5.39. The Morgan fingerprint density at radius 1 is 1.44 bits per heavy atom. The summed E-state index contributed by atoms with van der Waals surface area (Å²) in [7, 11) is 0. The van der Waals surface area contributed by atoms with Crippen LogP contribution in [0.5, 0.6) is 0 Å². The number of thiol groups is 1. The van der Waals surface area contributed by atoms with E-state index in [1.807, 2.05) is 0 Å². The Bertz CT molecular complexity index is 114. The zero-order valence-corrected chi connectivity index (χ0v) is 6.87. The monoisotopic (exact) mass is 161 g/mol. The van der Waals surface area contributed by atoms with Crippen LogP contribution in [0.4, 0.5) is 0 Å². The van der Waals surface area contributed by atoms with Crippen LogP contribution >= 0.6 is 24.6 Å². The Balaban J connectivity index is 2.38. The van der Waals surface area contributed by atoms with Crippen LogP contribution in [0.1, 0.15) is 12.8 Å². The Kier molecular flexibility index (Phi) is 2.95. The summed E-state index contributed by atoms with van der Waals surface area (Å²) in [5, 5.41) is 6.39. The molecule has 0 spiro atoms. The van der Waals surface area contributed by atoms with E-state index >= 15 is 0 Å². The molecule has 0 saturated carbocycles. The van der Waals surface area contributed by atoms with Gasteiger partial charge in [-0.15, -0.1) is 0 Å². The van der Waals surface area contributed by atoms with E-state index in [4.69, 9.17) is 5.14 Å². The predicted molar refractivity (Wildman–Crippen MR) is 46.7 cm³/mol. The van der Waals surface area contributed by atoms with Crippen molar-refractivity contribution in [1.82, 2.24) is 0 Å². The largest absolute Gasteiger partial charge is 0.277 e. The third-order valence-corrected chi connectivity index (χ3v) is 2.64. The first kappa shape index (κ1) is 7.51. The second kappa shape index (κ2) is 3.54. The molecule has 0 amide bonds. The van der Waals surface area contributed by atoms with Gasteiger partial charge < -0.3 is 0 Å². The minimum atomic E-state index is 0.466. The summed E-state index contributed by atoms with van der Waals surface area (Å²) in [6.45, 7) is 0. The third kappa shape index (κ3) is 2.24. The van der Waals surface area contributed by atoms with Gasteiger partial charge in [-0.05, 0) is 12.8 Å². The lowest BCUT2D eigenvalue weighted by Gasteiger charge is -2.16. The van der Waals surface area contributed by atoms with Gasteiger partial charge in [0.15, 0.2) is 0 Å². The van der Waals surface area contributed by atoms with Crippen LogP contribution in [-0.4, -0.2) is 10.5 Å². The van der Waals surface area contributed by atoms with Gasteiger partial charge in [0.1, 0.15) is 0 Å². The molecule has 1 aliphatic carbocycles. The van der Waals surface area contributed by atoms with Crippen LogP contribution in [-0.2, 0) is 0 Å². The van der Waals surface area contributed by atoms with Gasteiger partial charge in [-0.25, -0.2) is 0 Å². The average molecular weight is 161 g/mol. The third-order valence-electron chi connectivity index (χ3n) is 1.47. The van der Waals surface area contributed by atoms with Crippen molar-refractivity contribution >= 4 is 24.6 Å². The average Bonchev–Trinajstić information content (AvgIpc) is 1.90. The first-order valence-electron chi connectivity index (χ1n) is 3.05. The minimum Gasteiger partial charge on any atom is -0.277 e. The van der Waals surface area contributed by atoms with Crippen molar-refractivity contribution < 1.29 is 0 Å². The van der Waals surface area contributed by atoms with Crippen molar-refractivity contribution in [2.75, 3.05) is 0 Å². The second-order valence-corrected chi connectivity index (χ2v) is 3.75. The highest BCUT2D eigenvalue weighted by Crippen LogP contribution is 2.21. The molecule has 0 heterocycles.